The fourth-order valence-corrected chi connectivity index (χ4v) is 3.87. The van der Waals surface area contributed by atoms with Crippen LogP contribution in [0.1, 0.15) is 36.8 Å². The summed E-state index contributed by atoms with van der Waals surface area (Å²) in [5, 5.41) is 0. The molecule has 2 saturated heterocycles. The average molecular weight is 357 g/mol. The maximum atomic E-state index is 12.5. The van der Waals surface area contributed by atoms with E-state index in [9.17, 15) is 9.59 Å². The molecule has 0 N–H and O–H groups in total. The summed E-state index contributed by atoms with van der Waals surface area (Å²) >= 11 is 0. The second-order valence-electron chi connectivity index (χ2n) is 7.59. The van der Waals surface area contributed by atoms with Gasteiger partial charge >= 0.3 is 0 Å². The van der Waals surface area contributed by atoms with E-state index in [0.29, 0.717) is 13.0 Å². The highest BCUT2D eigenvalue weighted by Gasteiger charge is 2.24. The first-order chi connectivity index (χ1) is 12.6. The third kappa shape index (κ3) is 5.31. The predicted molar refractivity (Wildman–Crippen MR) is 103 cm³/mol. The number of aryl methyl sites for hydroxylation is 2. The van der Waals surface area contributed by atoms with E-state index in [1.807, 2.05) is 15.9 Å². The molecule has 2 aliphatic rings. The number of nitrogens with zero attached hydrogens (tertiary/aromatic N) is 3. The van der Waals surface area contributed by atoms with Crippen molar-refractivity contribution in [3.05, 3.63) is 35.4 Å². The predicted octanol–water partition coefficient (Wildman–Crippen LogP) is 2.08. The number of rotatable bonds is 5. The van der Waals surface area contributed by atoms with Crippen LogP contribution in [0.5, 0.6) is 0 Å². The Morgan fingerprint density at radius 1 is 0.885 bits per heavy atom. The highest BCUT2D eigenvalue weighted by molar-refractivity contribution is 5.78. The van der Waals surface area contributed by atoms with E-state index in [2.05, 4.69) is 30.0 Å². The minimum absolute atomic E-state index is 0.230. The molecule has 2 amide bonds. The van der Waals surface area contributed by atoms with Crippen LogP contribution in [0.4, 0.5) is 0 Å². The summed E-state index contributed by atoms with van der Waals surface area (Å²) in [7, 11) is 0. The average Bonchev–Trinajstić information content (AvgIpc) is 2.67. The van der Waals surface area contributed by atoms with Crippen molar-refractivity contribution < 1.29 is 9.59 Å². The van der Waals surface area contributed by atoms with Crippen molar-refractivity contribution in [2.75, 3.05) is 45.8 Å². The molecule has 3 rings (SSSR count). The van der Waals surface area contributed by atoms with Crippen molar-refractivity contribution >= 4 is 11.8 Å². The van der Waals surface area contributed by atoms with Crippen molar-refractivity contribution in [2.45, 2.75) is 39.0 Å². The molecule has 5 nitrogen and oxygen atoms in total. The van der Waals surface area contributed by atoms with E-state index < -0.39 is 0 Å². The zero-order valence-corrected chi connectivity index (χ0v) is 16.0. The molecule has 1 aromatic carbocycles. The molecule has 2 heterocycles. The fraction of sp³-hybridized carbons (Fsp3) is 0.619. The monoisotopic (exact) mass is 357 g/mol. The highest BCUT2D eigenvalue weighted by Crippen LogP contribution is 2.12. The minimum atomic E-state index is 0.230. The van der Waals surface area contributed by atoms with Crippen molar-refractivity contribution in [1.82, 2.24) is 14.7 Å². The number of piperazine rings is 1. The van der Waals surface area contributed by atoms with Crippen LogP contribution in [0, 0.1) is 6.92 Å². The van der Waals surface area contributed by atoms with Crippen LogP contribution in [0.15, 0.2) is 24.3 Å². The van der Waals surface area contributed by atoms with Gasteiger partial charge in [-0.3, -0.25) is 14.5 Å². The Morgan fingerprint density at radius 3 is 2.27 bits per heavy atom. The Morgan fingerprint density at radius 2 is 1.58 bits per heavy atom. The molecule has 0 aromatic heterocycles. The molecular formula is C21H31N3O2. The number of piperidine rings is 1. The molecule has 2 fully saturated rings. The Hall–Kier alpha value is -1.88. The smallest absolute Gasteiger partial charge is 0.236 e. The van der Waals surface area contributed by atoms with E-state index >= 15 is 0 Å². The van der Waals surface area contributed by atoms with E-state index in [1.165, 1.54) is 17.5 Å². The van der Waals surface area contributed by atoms with Gasteiger partial charge < -0.3 is 9.80 Å². The van der Waals surface area contributed by atoms with Gasteiger partial charge in [-0.25, -0.2) is 0 Å². The molecule has 26 heavy (non-hydrogen) atoms. The maximum Gasteiger partial charge on any atom is 0.236 e. The van der Waals surface area contributed by atoms with Gasteiger partial charge in [-0.05, 0) is 38.2 Å². The summed E-state index contributed by atoms with van der Waals surface area (Å²) in [6.45, 7) is 7.49. The van der Waals surface area contributed by atoms with Gasteiger partial charge in [-0.15, -0.1) is 0 Å². The highest BCUT2D eigenvalue weighted by atomic mass is 16.2. The Labute approximate surface area is 156 Å². The molecule has 0 atom stereocenters. The van der Waals surface area contributed by atoms with Crippen molar-refractivity contribution in [3.63, 3.8) is 0 Å². The summed E-state index contributed by atoms with van der Waals surface area (Å²) in [6, 6.07) is 8.37. The number of carbonyl (C=O) groups excluding carboxylic acids is 2. The molecule has 5 heteroatoms. The molecule has 0 spiro atoms. The van der Waals surface area contributed by atoms with E-state index in [4.69, 9.17) is 0 Å². The topological polar surface area (TPSA) is 43.9 Å². The molecule has 0 unspecified atom stereocenters. The Bertz CT molecular complexity index is 617. The third-order valence-electron chi connectivity index (χ3n) is 5.50. The summed E-state index contributed by atoms with van der Waals surface area (Å²) in [5.74, 6) is 0.484. The van der Waals surface area contributed by atoms with Gasteiger partial charge in [-0.2, -0.15) is 0 Å². The van der Waals surface area contributed by atoms with Gasteiger partial charge in [0.15, 0.2) is 0 Å². The van der Waals surface area contributed by atoms with Gasteiger partial charge in [0.25, 0.3) is 0 Å². The van der Waals surface area contributed by atoms with Crippen LogP contribution in [0.2, 0.25) is 0 Å². The standard InChI is InChI=1S/C21H31N3O2/c1-18-6-5-7-19(16-18)8-9-20(25)24-14-12-22(13-15-24)17-21(26)23-10-3-2-4-11-23/h5-7,16H,2-4,8-15,17H2,1H3. The molecule has 2 aliphatic heterocycles. The normalized spacial score (nSPS) is 18.8. The van der Waals surface area contributed by atoms with E-state index in [-0.39, 0.29) is 11.8 Å². The van der Waals surface area contributed by atoms with Crippen LogP contribution in [-0.2, 0) is 16.0 Å². The van der Waals surface area contributed by atoms with Crippen LogP contribution < -0.4 is 0 Å². The lowest BCUT2D eigenvalue weighted by atomic mass is 10.1. The first-order valence-electron chi connectivity index (χ1n) is 9.95. The second-order valence-corrected chi connectivity index (χ2v) is 7.59. The van der Waals surface area contributed by atoms with Crippen LogP contribution in [-0.4, -0.2) is 72.3 Å². The lowest BCUT2D eigenvalue weighted by Crippen LogP contribution is -2.52. The first-order valence-corrected chi connectivity index (χ1v) is 9.95. The van der Waals surface area contributed by atoms with Crippen LogP contribution in [0.3, 0.4) is 0 Å². The molecule has 142 valence electrons. The number of hydrogen-bond donors (Lipinski definition) is 0. The van der Waals surface area contributed by atoms with Gasteiger partial charge in [0.05, 0.1) is 6.54 Å². The molecule has 1 aromatic rings. The van der Waals surface area contributed by atoms with Crippen molar-refractivity contribution in [3.8, 4) is 0 Å². The molecule has 0 bridgehead atoms. The Kier molecular flexibility index (Phi) is 6.67. The number of likely N-dealkylation sites (tertiary alicyclic amines) is 1. The summed E-state index contributed by atoms with van der Waals surface area (Å²) in [5.41, 5.74) is 2.46. The van der Waals surface area contributed by atoms with Gasteiger partial charge in [0.1, 0.15) is 0 Å². The SMILES string of the molecule is Cc1cccc(CCC(=O)N2CCN(CC(=O)N3CCCCC3)CC2)c1. The number of carbonyl (C=O) groups is 2. The van der Waals surface area contributed by atoms with Gasteiger partial charge in [0.2, 0.25) is 11.8 Å². The zero-order valence-electron chi connectivity index (χ0n) is 16.0. The second kappa shape index (κ2) is 9.17. The summed E-state index contributed by atoms with van der Waals surface area (Å²) in [4.78, 5) is 31.0. The largest absolute Gasteiger partial charge is 0.342 e. The third-order valence-corrected chi connectivity index (χ3v) is 5.50. The molecule has 0 aliphatic carbocycles. The Balaban J connectivity index is 1.38. The molecule has 0 radical (unpaired) electrons. The number of amides is 2. The number of benzene rings is 1. The van der Waals surface area contributed by atoms with E-state index in [0.717, 1.165) is 58.5 Å². The lowest BCUT2D eigenvalue weighted by Gasteiger charge is -2.36. The van der Waals surface area contributed by atoms with Crippen LogP contribution >= 0.6 is 0 Å². The summed E-state index contributed by atoms with van der Waals surface area (Å²) < 4.78 is 0. The van der Waals surface area contributed by atoms with E-state index in [1.54, 1.807) is 0 Å². The molecular weight excluding hydrogens is 326 g/mol. The summed E-state index contributed by atoms with van der Waals surface area (Å²) in [6.07, 6.45) is 4.88. The minimum Gasteiger partial charge on any atom is -0.342 e. The first kappa shape index (κ1) is 18.9. The van der Waals surface area contributed by atoms with Gasteiger partial charge in [0, 0.05) is 45.7 Å². The van der Waals surface area contributed by atoms with Crippen molar-refractivity contribution in [1.29, 1.82) is 0 Å². The quantitative estimate of drug-likeness (QED) is 0.810. The zero-order chi connectivity index (χ0) is 18.4. The van der Waals surface area contributed by atoms with Crippen LogP contribution in [0.25, 0.3) is 0 Å². The maximum absolute atomic E-state index is 12.5. The molecule has 0 saturated carbocycles. The lowest BCUT2D eigenvalue weighted by molar-refractivity contribution is -0.135. The number of hydrogen-bond acceptors (Lipinski definition) is 3. The van der Waals surface area contributed by atoms with Crippen molar-refractivity contribution in [2.24, 2.45) is 0 Å². The fourth-order valence-electron chi connectivity index (χ4n) is 3.87. The van der Waals surface area contributed by atoms with Gasteiger partial charge in [-0.1, -0.05) is 29.8 Å².